The van der Waals surface area contributed by atoms with Crippen molar-refractivity contribution < 1.29 is 9.47 Å². The van der Waals surface area contributed by atoms with Crippen LogP contribution >= 0.6 is 50.7 Å². The van der Waals surface area contributed by atoms with Crippen LogP contribution in [0.15, 0.2) is 34.8 Å². The highest BCUT2D eigenvalue weighted by atomic mass is 79.9. The van der Waals surface area contributed by atoms with Crippen LogP contribution in [0, 0.1) is 0 Å². The lowest BCUT2D eigenvalue weighted by atomic mass is 10.2. The predicted molar refractivity (Wildman–Crippen MR) is 91.0 cm³/mol. The Morgan fingerprint density at radius 1 is 1.14 bits per heavy atom. The van der Waals surface area contributed by atoms with Crippen molar-refractivity contribution in [3.8, 4) is 11.5 Å². The summed E-state index contributed by atoms with van der Waals surface area (Å²) in [4.78, 5) is 0. The molecular weight excluding hydrogens is 398 g/mol. The van der Waals surface area contributed by atoms with Crippen LogP contribution in [-0.2, 0) is 12.5 Å². The Morgan fingerprint density at radius 3 is 2.52 bits per heavy atom. The van der Waals surface area contributed by atoms with Crippen molar-refractivity contribution in [3.05, 3.63) is 56.0 Å². The van der Waals surface area contributed by atoms with Gasteiger partial charge in [0.2, 0.25) is 0 Å². The minimum absolute atomic E-state index is 0.280. The molecule has 0 aliphatic carbocycles. The first-order chi connectivity index (χ1) is 10.0. The lowest BCUT2D eigenvalue weighted by Crippen LogP contribution is -1.99. The zero-order valence-electron chi connectivity index (χ0n) is 11.1. The first-order valence-corrected chi connectivity index (χ1v) is 8.12. The molecule has 0 saturated carbocycles. The first-order valence-electron chi connectivity index (χ1n) is 6.04. The van der Waals surface area contributed by atoms with Gasteiger partial charge in [-0.05, 0) is 45.8 Å². The maximum absolute atomic E-state index is 6.16. The lowest BCUT2D eigenvalue weighted by molar-refractivity contribution is 0.303. The smallest absolute Gasteiger partial charge is 0.142 e. The Kier molecular flexibility index (Phi) is 6.06. The SMILES string of the molecule is COc1ccc(COc2c(Cl)cc(Cl)cc2CCl)cc1Br. The molecule has 21 heavy (non-hydrogen) atoms. The van der Waals surface area contributed by atoms with Gasteiger partial charge in [-0.15, -0.1) is 11.6 Å². The van der Waals surface area contributed by atoms with Gasteiger partial charge in [-0.3, -0.25) is 0 Å². The van der Waals surface area contributed by atoms with Crippen molar-refractivity contribution in [1.82, 2.24) is 0 Å². The van der Waals surface area contributed by atoms with Crippen molar-refractivity contribution >= 4 is 50.7 Å². The summed E-state index contributed by atoms with van der Waals surface area (Å²) in [6.07, 6.45) is 0. The average molecular weight is 411 g/mol. The molecule has 2 rings (SSSR count). The molecule has 2 nitrogen and oxygen atoms in total. The highest BCUT2D eigenvalue weighted by Crippen LogP contribution is 2.34. The Morgan fingerprint density at radius 2 is 1.90 bits per heavy atom. The molecule has 0 amide bonds. The van der Waals surface area contributed by atoms with Gasteiger partial charge in [0.25, 0.3) is 0 Å². The zero-order valence-corrected chi connectivity index (χ0v) is 15.0. The number of benzene rings is 2. The second-order valence-corrected chi connectivity index (χ2v) is 6.23. The molecule has 0 radical (unpaired) electrons. The van der Waals surface area contributed by atoms with Gasteiger partial charge in [-0.25, -0.2) is 0 Å². The van der Waals surface area contributed by atoms with Gasteiger partial charge in [0.05, 0.1) is 22.5 Å². The Labute approximate surface area is 147 Å². The van der Waals surface area contributed by atoms with Gasteiger partial charge in [0.15, 0.2) is 0 Å². The third-order valence-electron chi connectivity index (χ3n) is 2.83. The number of methoxy groups -OCH3 is 1. The van der Waals surface area contributed by atoms with Crippen LogP contribution in [0.3, 0.4) is 0 Å². The van der Waals surface area contributed by atoms with Crippen molar-refractivity contribution in [2.75, 3.05) is 7.11 Å². The summed E-state index contributed by atoms with van der Waals surface area (Å²) in [7, 11) is 1.62. The van der Waals surface area contributed by atoms with Crippen LogP contribution in [0.25, 0.3) is 0 Å². The van der Waals surface area contributed by atoms with E-state index in [0.717, 1.165) is 21.3 Å². The van der Waals surface area contributed by atoms with E-state index >= 15 is 0 Å². The fourth-order valence-corrected chi connectivity index (χ4v) is 3.21. The number of rotatable bonds is 5. The molecule has 0 saturated heterocycles. The lowest BCUT2D eigenvalue weighted by Gasteiger charge is -2.13. The summed E-state index contributed by atoms with van der Waals surface area (Å²) in [6.45, 7) is 0.369. The summed E-state index contributed by atoms with van der Waals surface area (Å²) in [5.41, 5.74) is 1.75. The second-order valence-electron chi connectivity index (χ2n) is 4.27. The fourth-order valence-electron chi connectivity index (χ4n) is 1.83. The average Bonchev–Trinajstić information content (AvgIpc) is 2.45. The zero-order chi connectivity index (χ0) is 15.4. The van der Waals surface area contributed by atoms with Crippen molar-refractivity contribution in [2.24, 2.45) is 0 Å². The van der Waals surface area contributed by atoms with Crippen molar-refractivity contribution in [1.29, 1.82) is 0 Å². The fraction of sp³-hybridized carbons (Fsp3) is 0.200. The van der Waals surface area contributed by atoms with Crippen LogP contribution in [0.1, 0.15) is 11.1 Å². The van der Waals surface area contributed by atoms with E-state index in [-0.39, 0.29) is 5.88 Å². The van der Waals surface area contributed by atoms with Gasteiger partial charge >= 0.3 is 0 Å². The van der Waals surface area contributed by atoms with E-state index in [1.807, 2.05) is 18.2 Å². The second kappa shape index (κ2) is 7.59. The number of alkyl halides is 1. The molecular formula is C15H12BrCl3O2. The van der Waals surface area contributed by atoms with Gasteiger partial charge in [0.1, 0.15) is 18.1 Å². The normalized spacial score (nSPS) is 10.5. The molecule has 0 aliphatic heterocycles. The molecule has 0 fully saturated rings. The molecule has 0 spiro atoms. The predicted octanol–water partition coefficient (Wildman–Crippen LogP) is 6.08. The standard InChI is InChI=1S/C15H12BrCl3O2/c1-20-14-3-2-9(4-12(14)16)8-21-15-10(7-17)5-11(18)6-13(15)19/h2-6H,7-8H2,1H3. The molecule has 2 aromatic rings. The van der Waals surface area contributed by atoms with Gasteiger partial charge in [0, 0.05) is 10.6 Å². The Balaban J connectivity index is 2.18. The number of ether oxygens (including phenoxy) is 2. The van der Waals surface area contributed by atoms with E-state index < -0.39 is 0 Å². The number of halogens is 4. The van der Waals surface area contributed by atoms with Crippen molar-refractivity contribution in [2.45, 2.75) is 12.5 Å². The van der Waals surface area contributed by atoms with E-state index in [4.69, 9.17) is 44.3 Å². The van der Waals surface area contributed by atoms with E-state index in [1.54, 1.807) is 19.2 Å². The minimum atomic E-state index is 0.280. The largest absolute Gasteiger partial charge is 0.496 e. The number of hydrogen-bond donors (Lipinski definition) is 0. The summed E-state index contributed by atoms with van der Waals surface area (Å²) in [6, 6.07) is 9.11. The molecule has 0 unspecified atom stereocenters. The maximum atomic E-state index is 6.16. The molecule has 0 aromatic heterocycles. The van der Waals surface area contributed by atoms with Crippen LogP contribution in [0.5, 0.6) is 11.5 Å². The highest BCUT2D eigenvalue weighted by molar-refractivity contribution is 9.10. The van der Waals surface area contributed by atoms with Crippen LogP contribution in [-0.4, -0.2) is 7.11 Å². The molecule has 112 valence electrons. The molecule has 0 N–H and O–H groups in total. The maximum Gasteiger partial charge on any atom is 0.142 e. The van der Waals surface area contributed by atoms with E-state index in [1.165, 1.54) is 0 Å². The van der Waals surface area contributed by atoms with Gasteiger partial charge < -0.3 is 9.47 Å². The molecule has 0 bridgehead atoms. The third kappa shape index (κ3) is 4.19. The topological polar surface area (TPSA) is 18.5 Å². The van der Waals surface area contributed by atoms with Crippen LogP contribution in [0.4, 0.5) is 0 Å². The third-order valence-corrected chi connectivity index (χ3v) is 4.24. The quantitative estimate of drug-likeness (QED) is 0.556. The summed E-state index contributed by atoms with van der Waals surface area (Å²) in [5, 5.41) is 0.987. The monoisotopic (exact) mass is 408 g/mol. The summed E-state index contributed by atoms with van der Waals surface area (Å²) in [5.74, 6) is 1.61. The highest BCUT2D eigenvalue weighted by Gasteiger charge is 2.11. The molecule has 0 aliphatic rings. The Bertz CT molecular complexity index is 647. The van der Waals surface area contributed by atoms with Crippen LogP contribution in [0.2, 0.25) is 10.0 Å². The molecule has 2 aromatic carbocycles. The van der Waals surface area contributed by atoms with E-state index in [2.05, 4.69) is 15.9 Å². The molecule has 6 heteroatoms. The summed E-state index contributed by atoms with van der Waals surface area (Å²) >= 11 is 21.5. The minimum Gasteiger partial charge on any atom is -0.496 e. The molecule has 0 atom stereocenters. The van der Waals surface area contributed by atoms with E-state index in [9.17, 15) is 0 Å². The van der Waals surface area contributed by atoms with Crippen molar-refractivity contribution in [3.63, 3.8) is 0 Å². The first kappa shape index (κ1) is 16.8. The molecule has 0 heterocycles. The van der Waals surface area contributed by atoms with E-state index in [0.29, 0.717) is 22.4 Å². The Hall–Kier alpha value is -0.610. The van der Waals surface area contributed by atoms with Gasteiger partial charge in [-0.1, -0.05) is 29.3 Å². The number of hydrogen-bond acceptors (Lipinski definition) is 2. The summed E-state index contributed by atoms with van der Waals surface area (Å²) < 4.78 is 11.8. The van der Waals surface area contributed by atoms with Gasteiger partial charge in [-0.2, -0.15) is 0 Å². The van der Waals surface area contributed by atoms with Crippen LogP contribution < -0.4 is 9.47 Å².